The summed E-state index contributed by atoms with van der Waals surface area (Å²) in [5.74, 6) is 0.758. The fourth-order valence-electron chi connectivity index (χ4n) is 2.42. The molecule has 4 heteroatoms. The molecule has 0 fully saturated rings. The van der Waals surface area contributed by atoms with Crippen LogP contribution in [0.25, 0.3) is 17.1 Å². The van der Waals surface area contributed by atoms with Gasteiger partial charge in [0.2, 0.25) is 0 Å². The molecule has 1 aromatic carbocycles. The number of Topliss-reactive ketones (excluding diaryl/α,β-unsaturated/α-hetero) is 1. The van der Waals surface area contributed by atoms with Crippen molar-refractivity contribution in [2.24, 2.45) is 0 Å². The van der Waals surface area contributed by atoms with Crippen LogP contribution >= 0.6 is 0 Å². The number of ketones is 1. The van der Waals surface area contributed by atoms with E-state index < -0.39 is 0 Å². The lowest BCUT2D eigenvalue weighted by Crippen LogP contribution is -2.04. The minimum Gasteiger partial charge on any atom is -0.294 e. The van der Waals surface area contributed by atoms with Gasteiger partial charge in [0.05, 0.1) is 11.9 Å². The monoisotopic (exact) mass is 291 g/mol. The van der Waals surface area contributed by atoms with Gasteiger partial charge in [0, 0.05) is 23.7 Å². The zero-order valence-electron chi connectivity index (χ0n) is 12.7. The highest BCUT2D eigenvalue weighted by molar-refractivity contribution is 5.96. The second-order valence-corrected chi connectivity index (χ2v) is 5.18. The highest BCUT2D eigenvalue weighted by Gasteiger charge is 2.11. The van der Waals surface area contributed by atoms with Crippen LogP contribution in [-0.2, 0) is 0 Å². The molecule has 2 heterocycles. The molecule has 0 bridgehead atoms. The smallest absolute Gasteiger partial charge is 0.162 e. The van der Waals surface area contributed by atoms with E-state index in [1.807, 2.05) is 25.1 Å². The molecule has 0 aliphatic carbocycles. The van der Waals surface area contributed by atoms with E-state index >= 15 is 0 Å². The average Bonchev–Trinajstić information content (AvgIpc) is 3.04. The Morgan fingerprint density at radius 2 is 2.00 bits per heavy atom. The summed E-state index contributed by atoms with van der Waals surface area (Å²) >= 11 is 0. The van der Waals surface area contributed by atoms with Crippen LogP contribution in [0, 0.1) is 6.92 Å². The quantitative estimate of drug-likeness (QED) is 0.686. The number of rotatable bonds is 4. The molecule has 22 heavy (non-hydrogen) atoms. The van der Waals surface area contributed by atoms with Crippen molar-refractivity contribution in [1.82, 2.24) is 14.8 Å². The maximum Gasteiger partial charge on any atom is 0.162 e. The Balaban J connectivity index is 2.07. The Kier molecular flexibility index (Phi) is 3.83. The summed E-state index contributed by atoms with van der Waals surface area (Å²) in [6, 6.07) is 13.7. The van der Waals surface area contributed by atoms with Crippen molar-refractivity contribution in [3.8, 4) is 17.1 Å². The lowest BCUT2D eigenvalue weighted by atomic mass is 10.1. The summed E-state index contributed by atoms with van der Waals surface area (Å²) in [6.45, 7) is 3.91. The first-order valence-electron chi connectivity index (χ1n) is 7.29. The third-order valence-corrected chi connectivity index (χ3v) is 3.56. The Hall–Kier alpha value is -2.75. The van der Waals surface area contributed by atoms with Crippen molar-refractivity contribution in [2.75, 3.05) is 0 Å². The minimum absolute atomic E-state index is 0.105. The van der Waals surface area contributed by atoms with Gasteiger partial charge in [0.15, 0.2) is 11.6 Å². The third kappa shape index (κ3) is 2.68. The summed E-state index contributed by atoms with van der Waals surface area (Å²) in [5.41, 5.74) is 3.88. The SMILES string of the molecule is CCC(=O)c1ccnc(-n2nccc2-c2cccc(C)c2)c1. The van der Waals surface area contributed by atoms with Crippen molar-refractivity contribution in [2.45, 2.75) is 20.3 Å². The van der Waals surface area contributed by atoms with Crippen LogP contribution in [0.2, 0.25) is 0 Å². The Labute approximate surface area is 129 Å². The summed E-state index contributed by atoms with van der Waals surface area (Å²) in [7, 11) is 0. The molecule has 0 aliphatic heterocycles. The zero-order valence-corrected chi connectivity index (χ0v) is 12.7. The van der Waals surface area contributed by atoms with Gasteiger partial charge < -0.3 is 0 Å². The molecular weight excluding hydrogens is 274 g/mol. The molecule has 0 saturated carbocycles. The van der Waals surface area contributed by atoms with Gasteiger partial charge in [-0.25, -0.2) is 9.67 Å². The molecule has 0 unspecified atom stereocenters. The molecule has 2 aromatic heterocycles. The predicted octanol–water partition coefficient (Wildman–Crippen LogP) is 3.84. The van der Waals surface area contributed by atoms with Gasteiger partial charge >= 0.3 is 0 Å². The summed E-state index contributed by atoms with van der Waals surface area (Å²) in [6.07, 6.45) is 3.88. The fourth-order valence-corrected chi connectivity index (χ4v) is 2.42. The van der Waals surface area contributed by atoms with E-state index in [-0.39, 0.29) is 5.78 Å². The van der Waals surface area contributed by atoms with Crippen LogP contribution in [0.1, 0.15) is 29.3 Å². The topological polar surface area (TPSA) is 47.8 Å². The van der Waals surface area contributed by atoms with Gasteiger partial charge in [-0.2, -0.15) is 5.10 Å². The van der Waals surface area contributed by atoms with Gasteiger partial charge in [-0.15, -0.1) is 0 Å². The van der Waals surface area contributed by atoms with E-state index in [0.717, 1.165) is 11.3 Å². The van der Waals surface area contributed by atoms with Crippen LogP contribution in [-0.4, -0.2) is 20.5 Å². The van der Waals surface area contributed by atoms with Crippen LogP contribution < -0.4 is 0 Å². The Bertz CT molecular complexity index is 820. The maximum atomic E-state index is 11.9. The number of hydrogen-bond acceptors (Lipinski definition) is 3. The number of pyridine rings is 1. The lowest BCUT2D eigenvalue weighted by molar-refractivity contribution is 0.0988. The molecular formula is C18H17N3O. The van der Waals surface area contributed by atoms with Gasteiger partial charge in [0.1, 0.15) is 0 Å². The van der Waals surface area contributed by atoms with Crippen LogP contribution in [0.15, 0.2) is 54.9 Å². The normalized spacial score (nSPS) is 10.6. The van der Waals surface area contributed by atoms with Crippen LogP contribution in [0.4, 0.5) is 0 Å². The minimum atomic E-state index is 0.105. The van der Waals surface area contributed by atoms with Crippen molar-refractivity contribution >= 4 is 5.78 Å². The van der Waals surface area contributed by atoms with Crippen molar-refractivity contribution in [3.05, 3.63) is 66.0 Å². The standard InChI is InChI=1S/C18H17N3O/c1-3-17(22)15-7-9-19-18(12-15)21-16(8-10-20-21)14-6-4-5-13(2)11-14/h4-12H,3H2,1-2H3. The average molecular weight is 291 g/mol. The van der Waals surface area contributed by atoms with E-state index in [9.17, 15) is 4.79 Å². The van der Waals surface area contributed by atoms with E-state index in [1.165, 1.54) is 5.56 Å². The van der Waals surface area contributed by atoms with Gasteiger partial charge in [-0.3, -0.25) is 4.79 Å². The van der Waals surface area contributed by atoms with Gasteiger partial charge in [0.25, 0.3) is 0 Å². The highest BCUT2D eigenvalue weighted by atomic mass is 16.1. The van der Waals surface area contributed by atoms with E-state index in [0.29, 0.717) is 17.8 Å². The van der Waals surface area contributed by atoms with E-state index in [2.05, 4.69) is 29.1 Å². The Morgan fingerprint density at radius 1 is 1.14 bits per heavy atom. The molecule has 0 aliphatic rings. The first kappa shape index (κ1) is 14.2. The van der Waals surface area contributed by atoms with Gasteiger partial charge in [-0.1, -0.05) is 30.7 Å². The van der Waals surface area contributed by atoms with E-state index in [1.54, 1.807) is 29.2 Å². The summed E-state index contributed by atoms with van der Waals surface area (Å²) < 4.78 is 1.77. The summed E-state index contributed by atoms with van der Waals surface area (Å²) in [5, 5.41) is 4.36. The number of hydrogen-bond donors (Lipinski definition) is 0. The lowest BCUT2D eigenvalue weighted by Gasteiger charge is -2.08. The zero-order chi connectivity index (χ0) is 15.5. The molecule has 3 rings (SSSR count). The molecule has 0 N–H and O–H groups in total. The highest BCUT2D eigenvalue weighted by Crippen LogP contribution is 2.22. The first-order chi connectivity index (χ1) is 10.7. The first-order valence-corrected chi connectivity index (χ1v) is 7.29. The fraction of sp³-hybridized carbons (Fsp3) is 0.167. The van der Waals surface area contributed by atoms with Gasteiger partial charge in [-0.05, 0) is 31.2 Å². The number of carbonyl (C=O) groups is 1. The molecule has 3 aromatic rings. The molecule has 0 spiro atoms. The largest absolute Gasteiger partial charge is 0.294 e. The van der Waals surface area contributed by atoms with Crippen LogP contribution in [0.3, 0.4) is 0 Å². The number of nitrogens with zero attached hydrogens (tertiary/aromatic N) is 3. The molecule has 110 valence electrons. The molecule has 4 nitrogen and oxygen atoms in total. The number of aryl methyl sites for hydroxylation is 1. The van der Waals surface area contributed by atoms with Crippen molar-refractivity contribution < 1.29 is 4.79 Å². The number of aromatic nitrogens is 3. The Morgan fingerprint density at radius 3 is 2.77 bits per heavy atom. The molecule has 0 amide bonds. The second-order valence-electron chi connectivity index (χ2n) is 5.18. The van der Waals surface area contributed by atoms with E-state index in [4.69, 9.17) is 0 Å². The van der Waals surface area contributed by atoms with Crippen molar-refractivity contribution in [3.63, 3.8) is 0 Å². The molecule has 0 atom stereocenters. The maximum absolute atomic E-state index is 11.9. The van der Waals surface area contributed by atoms with Crippen molar-refractivity contribution in [1.29, 1.82) is 0 Å². The molecule has 0 radical (unpaired) electrons. The summed E-state index contributed by atoms with van der Waals surface area (Å²) in [4.78, 5) is 16.2. The van der Waals surface area contributed by atoms with Crippen LogP contribution in [0.5, 0.6) is 0 Å². The third-order valence-electron chi connectivity index (χ3n) is 3.56. The predicted molar refractivity (Wildman–Crippen MR) is 86.2 cm³/mol. The second kappa shape index (κ2) is 5.93. The molecule has 0 saturated heterocycles. The number of carbonyl (C=O) groups excluding carboxylic acids is 1. The number of benzene rings is 1.